The van der Waals surface area contributed by atoms with Crippen LogP contribution in [0.15, 0.2) is 18.2 Å². The molecule has 1 aromatic carbocycles. The molecule has 0 spiro atoms. The van der Waals surface area contributed by atoms with Crippen LogP contribution in [0.1, 0.15) is 31.2 Å². The Balaban J connectivity index is 1.95. The van der Waals surface area contributed by atoms with Crippen LogP contribution in [0.4, 0.5) is 5.69 Å². The lowest BCUT2D eigenvalue weighted by atomic mass is 9.87. The summed E-state index contributed by atoms with van der Waals surface area (Å²) in [6, 6.07) is 7.57. The number of hydrogen-bond acceptors (Lipinski definition) is 3. The number of nitrogens with zero attached hydrogens (tertiary/aromatic N) is 1. The van der Waals surface area contributed by atoms with Crippen molar-refractivity contribution in [3.05, 3.63) is 28.8 Å². The molecular formula is C14H17ClN2O. The third-order valence-electron chi connectivity index (χ3n) is 3.52. The standard InChI is InChI=1S/C14H17ClN2O/c15-13-2-1-3-14(12(13)8-16)17-9-10-4-6-11(18)7-5-10/h1-3,10-11,17-18H,4-7,9H2. The lowest BCUT2D eigenvalue weighted by Gasteiger charge is -2.26. The highest BCUT2D eigenvalue weighted by Crippen LogP contribution is 2.27. The van der Waals surface area contributed by atoms with Crippen molar-refractivity contribution in [1.82, 2.24) is 0 Å². The first-order valence-corrected chi connectivity index (χ1v) is 6.69. The van der Waals surface area contributed by atoms with Crippen LogP contribution >= 0.6 is 11.6 Å². The maximum Gasteiger partial charge on any atom is 0.103 e. The Morgan fingerprint density at radius 3 is 2.72 bits per heavy atom. The fourth-order valence-electron chi connectivity index (χ4n) is 2.39. The van der Waals surface area contributed by atoms with E-state index in [2.05, 4.69) is 11.4 Å². The van der Waals surface area contributed by atoms with Crippen LogP contribution in [0.25, 0.3) is 0 Å². The van der Waals surface area contributed by atoms with Crippen LogP contribution in [0, 0.1) is 17.2 Å². The molecule has 0 amide bonds. The molecule has 1 aromatic rings. The Morgan fingerprint density at radius 2 is 2.06 bits per heavy atom. The molecule has 0 atom stereocenters. The van der Waals surface area contributed by atoms with E-state index in [1.54, 1.807) is 6.07 Å². The van der Waals surface area contributed by atoms with Crippen molar-refractivity contribution < 1.29 is 5.11 Å². The average Bonchev–Trinajstić information content (AvgIpc) is 2.38. The Kier molecular flexibility index (Phi) is 4.46. The third kappa shape index (κ3) is 3.16. The summed E-state index contributed by atoms with van der Waals surface area (Å²) in [7, 11) is 0. The van der Waals surface area contributed by atoms with Gasteiger partial charge in [-0.3, -0.25) is 0 Å². The van der Waals surface area contributed by atoms with Crippen LogP contribution in [-0.2, 0) is 0 Å². The quantitative estimate of drug-likeness (QED) is 0.882. The molecule has 18 heavy (non-hydrogen) atoms. The molecule has 0 saturated heterocycles. The molecule has 1 aliphatic carbocycles. The molecule has 0 bridgehead atoms. The molecule has 1 fully saturated rings. The summed E-state index contributed by atoms with van der Waals surface area (Å²) < 4.78 is 0. The van der Waals surface area contributed by atoms with Gasteiger partial charge in [-0.2, -0.15) is 5.26 Å². The molecule has 2 rings (SSSR count). The number of halogens is 1. The van der Waals surface area contributed by atoms with Gasteiger partial charge < -0.3 is 10.4 Å². The van der Waals surface area contributed by atoms with Gasteiger partial charge in [0.1, 0.15) is 6.07 Å². The van der Waals surface area contributed by atoms with E-state index in [0.717, 1.165) is 37.9 Å². The predicted molar refractivity (Wildman–Crippen MR) is 72.6 cm³/mol. The lowest BCUT2D eigenvalue weighted by molar-refractivity contribution is 0.111. The van der Waals surface area contributed by atoms with Crippen molar-refractivity contribution in [1.29, 1.82) is 5.26 Å². The van der Waals surface area contributed by atoms with Gasteiger partial charge in [-0.15, -0.1) is 0 Å². The first kappa shape index (κ1) is 13.2. The Hall–Kier alpha value is -1.24. The maximum absolute atomic E-state index is 9.45. The maximum atomic E-state index is 9.45. The zero-order valence-corrected chi connectivity index (χ0v) is 11.0. The molecule has 0 radical (unpaired) electrons. The van der Waals surface area contributed by atoms with Crippen LogP contribution in [0.5, 0.6) is 0 Å². The van der Waals surface area contributed by atoms with E-state index < -0.39 is 0 Å². The molecule has 1 aliphatic rings. The van der Waals surface area contributed by atoms with Gasteiger partial charge in [0.2, 0.25) is 0 Å². The summed E-state index contributed by atoms with van der Waals surface area (Å²) in [5.74, 6) is 0.568. The molecule has 3 nitrogen and oxygen atoms in total. The van der Waals surface area contributed by atoms with Crippen molar-refractivity contribution in [3.8, 4) is 6.07 Å². The summed E-state index contributed by atoms with van der Waals surface area (Å²) in [5.41, 5.74) is 1.31. The Labute approximate surface area is 112 Å². The summed E-state index contributed by atoms with van der Waals surface area (Å²) >= 11 is 5.97. The second-order valence-electron chi connectivity index (χ2n) is 4.83. The Bertz CT molecular complexity index is 448. The SMILES string of the molecule is N#Cc1c(Cl)cccc1NCC1CCC(O)CC1. The first-order valence-electron chi connectivity index (χ1n) is 6.31. The van der Waals surface area contributed by atoms with E-state index in [1.165, 1.54) is 0 Å². The number of aliphatic hydroxyl groups excluding tert-OH is 1. The summed E-state index contributed by atoms with van der Waals surface area (Å²) in [6.45, 7) is 0.835. The topological polar surface area (TPSA) is 56.0 Å². The molecule has 0 aliphatic heterocycles. The molecule has 1 saturated carbocycles. The molecule has 0 heterocycles. The molecule has 2 N–H and O–H groups in total. The van der Waals surface area contributed by atoms with Crippen LogP contribution in [0.3, 0.4) is 0 Å². The van der Waals surface area contributed by atoms with Gasteiger partial charge in [0, 0.05) is 6.54 Å². The number of anilines is 1. The van der Waals surface area contributed by atoms with Crippen LogP contribution in [0.2, 0.25) is 5.02 Å². The fourth-order valence-corrected chi connectivity index (χ4v) is 2.61. The van der Waals surface area contributed by atoms with Crippen molar-refractivity contribution >= 4 is 17.3 Å². The van der Waals surface area contributed by atoms with Crippen LogP contribution < -0.4 is 5.32 Å². The van der Waals surface area contributed by atoms with Crippen molar-refractivity contribution in [2.75, 3.05) is 11.9 Å². The molecule has 0 unspecified atom stereocenters. The normalized spacial score (nSPS) is 23.4. The highest BCUT2D eigenvalue weighted by atomic mass is 35.5. The number of nitriles is 1. The first-order chi connectivity index (χ1) is 8.70. The Morgan fingerprint density at radius 1 is 1.33 bits per heavy atom. The van der Waals surface area contributed by atoms with Crippen molar-refractivity contribution in [2.45, 2.75) is 31.8 Å². The molecule has 0 aromatic heterocycles. The number of benzene rings is 1. The minimum Gasteiger partial charge on any atom is -0.393 e. The van der Waals surface area contributed by atoms with Gasteiger partial charge in [-0.25, -0.2) is 0 Å². The van der Waals surface area contributed by atoms with E-state index >= 15 is 0 Å². The second-order valence-corrected chi connectivity index (χ2v) is 5.24. The largest absolute Gasteiger partial charge is 0.393 e. The molecule has 4 heteroatoms. The van der Waals surface area contributed by atoms with Crippen LogP contribution in [-0.4, -0.2) is 17.8 Å². The van der Waals surface area contributed by atoms with Crippen molar-refractivity contribution in [2.24, 2.45) is 5.92 Å². The monoisotopic (exact) mass is 264 g/mol. The van der Waals surface area contributed by atoms with E-state index in [0.29, 0.717) is 16.5 Å². The predicted octanol–water partition coefficient (Wildman–Crippen LogP) is 3.17. The van der Waals surface area contributed by atoms with Crippen molar-refractivity contribution in [3.63, 3.8) is 0 Å². The zero-order chi connectivity index (χ0) is 13.0. The number of nitrogens with one attached hydrogen (secondary N) is 1. The smallest absolute Gasteiger partial charge is 0.103 e. The zero-order valence-electron chi connectivity index (χ0n) is 10.2. The number of hydrogen-bond donors (Lipinski definition) is 2. The summed E-state index contributed by atoms with van der Waals surface area (Å²) in [5, 5.41) is 22.3. The number of rotatable bonds is 3. The van der Waals surface area contributed by atoms with Gasteiger partial charge in [0.25, 0.3) is 0 Å². The van der Waals surface area contributed by atoms with Gasteiger partial charge in [0.15, 0.2) is 0 Å². The minimum absolute atomic E-state index is 0.123. The van der Waals surface area contributed by atoms with E-state index in [9.17, 15) is 5.11 Å². The highest BCUT2D eigenvalue weighted by Gasteiger charge is 2.19. The number of aliphatic hydroxyl groups is 1. The highest BCUT2D eigenvalue weighted by molar-refractivity contribution is 6.32. The fraction of sp³-hybridized carbons (Fsp3) is 0.500. The van der Waals surface area contributed by atoms with Gasteiger partial charge in [-0.1, -0.05) is 17.7 Å². The third-order valence-corrected chi connectivity index (χ3v) is 3.84. The molecular weight excluding hydrogens is 248 g/mol. The van der Waals surface area contributed by atoms with E-state index in [1.807, 2.05) is 12.1 Å². The average molecular weight is 265 g/mol. The minimum atomic E-state index is -0.123. The van der Waals surface area contributed by atoms with E-state index in [4.69, 9.17) is 16.9 Å². The van der Waals surface area contributed by atoms with Gasteiger partial charge in [0.05, 0.1) is 22.4 Å². The second kappa shape index (κ2) is 6.08. The van der Waals surface area contributed by atoms with Gasteiger partial charge >= 0.3 is 0 Å². The van der Waals surface area contributed by atoms with E-state index in [-0.39, 0.29) is 6.10 Å². The molecule has 96 valence electrons. The van der Waals surface area contributed by atoms with Gasteiger partial charge in [-0.05, 0) is 43.7 Å². The summed E-state index contributed by atoms with van der Waals surface area (Å²) in [6.07, 6.45) is 3.72. The summed E-state index contributed by atoms with van der Waals surface area (Å²) in [4.78, 5) is 0. The lowest BCUT2D eigenvalue weighted by Crippen LogP contribution is -2.23.